The topological polar surface area (TPSA) is 109 Å². The summed E-state index contributed by atoms with van der Waals surface area (Å²) >= 11 is 3.07. The molecule has 0 N–H and O–H groups in total. The zero-order chi connectivity index (χ0) is 20.0. The number of hydrogen-bond acceptors (Lipinski definition) is 7. The second kappa shape index (κ2) is 6.88. The Hall–Kier alpha value is -2.55. The maximum Gasteiger partial charge on any atom is 0.303 e. The normalized spacial score (nSPS) is 18.3. The van der Waals surface area contributed by atoms with Crippen molar-refractivity contribution in [2.75, 3.05) is 0 Å². The van der Waals surface area contributed by atoms with E-state index in [1.54, 1.807) is 4.57 Å². The number of hydrogen-bond donors (Lipinski definition) is 0. The standard InChI is InChI=1S/C18H16BrNO7/c1-7(21)12-14(19)18(25)16-13(17(12)24)10(6-26-8(2)22)15-11(27-9(3)23)4-5-20(15)16/h11H,4-6H2,1-3H3. The molecule has 1 atom stereocenters. The zero-order valence-corrected chi connectivity index (χ0v) is 16.5. The highest BCUT2D eigenvalue weighted by molar-refractivity contribution is 9.12. The number of rotatable bonds is 4. The average molecular weight is 438 g/mol. The van der Waals surface area contributed by atoms with Crippen LogP contribution < -0.4 is 0 Å². The minimum absolute atomic E-state index is 0.0292. The number of halogens is 1. The van der Waals surface area contributed by atoms with E-state index in [0.717, 1.165) is 0 Å². The van der Waals surface area contributed by atoms with Gasteiger partial charge in [-0.1, -0.05) is 0 Å². The molecular weight excluding hydrogens is 422 g/mol. The summed E-state index contributed by atoms with van der Waals surface area (Å²) < 4.78 is 11.9. The summed E-state index contributed by atoms with van der Waals surface area (Å²) in [5, 5.41) is 0. The van der Waals surface area contributed by atoms with Crippen LogP contribution in [-0.2, 0) is 37.0 Å². The molecule has 2 heterocycles. The Balaban J connectivity index is 2.24. The number of fused-ring (bicyclic) bond motifs is 3. The number of carbonyl (C=O) groups is 5. The van der Waals surface area contributed by atoms with Gasteiger partial charge in [-0.3, -0.25) is 24.0 Å². The SMILES string of the molecule is CC(=O)OCc1c2c(n3c1C(OC(C)=O)CC3)C(=O)C(Br)=C(C(C)=O)C2=O. The molecule has 1 aliphatic carbocycles. The van der Waals surface area contributed by atoms with Crippen molar-refractivity contribution >= 4 is 45.2 Å². The Morgan fingerprint density at radius 2 is 1.78 bits per heavy atom. The third kappa shape index (κ3) is 3.05. The van der Waals surface area contributed by atoms with Crippen molar-refractivity contribution in [2.45, 2.75) is 46.4 Å². The third-order valence-electron chi connectivity index (χ3n) is 4.50. The van der Waals surface area contributed by atoms with Gasteiger partial charge in [0.25, 0.3) is 0 Å². The largest absolute Gasteiger partial charge is 0.461 e. The van der Waals surface area contributed by atoms with E-state index in [0.29, 0.717) is 24.2 Å². The van der Waals surface area contributed by atoms with Crippen LogP contribution in [0.2, 0.25) is 0 Å². The summed E-state index contributed by atoms with van der Waals surface area (Å²) in [6.45, 7) is 3.77. The highest BCUT2D eigenvalue weighted by atomic mass is 79.9. The lowest BCUT2D eigenvalue weighted by molar-refractivity contribution is -0.147. The van der Waals surface area contributed by atoms with Gasteiger partial charge in [-0.05, 0) is 22.9 Å². The minimum atomic E-state index is -0.668. The average Bonchev–Trinajstić information content (AvgIpc) is 3.09. The first-order chi connectivity index (χ1) is 12.6. The molecule has 27 heavy (non-hydrogen) atoms. The Labute approximate surface area is 162 Å². The molecule has 1 aliphatic heterocycles. The maximum atomic E-state index is 13.0. The van der Waals surface area contributed by atoms with Gasteiger partial charge >= 0.3 is 11.9 Å². The second-order valence-electron chi connectivity index (χ2n) is 6.31. The van der Waals surface area contributed by atoms with Crippen LogP contribution in [0.25, 0.3) is 0 Å². The molecule has 9 heteroatoms. The van der Waals surface area contributed by atoms with Gasteiger partial charge in [-0.25, -0.2) is 0 Å². The Kier molecular flexibility index (Phi) is 4.90. The van der Waals surface area contributed by atoms with Gasteiger partial charge < -0.3 is 14.0 Å². The van der Waals surface area contributed by atoms with Crippen molar-refractivity contribution < 1.29 is 33.4 Å². The fourth-order valence-corrected chi connectivity index (χ4v) is 4.19. The third-order valence-corrected chi connectivity index (χ3v) is 5.25. The predicted molar refractivity (Wildman–Crippen MR) is 94.3 cm³/mol. The molecule has 8 nitrogen and oxygen atoms in total. The number of ether oxygens (including phenoxy) is 2. The van der Waals surface area contributed by atoms with Crippen LogP contribution in [0.15, 0.2) is 10.1 Å². The molecule has 1 aromatic rings. The number of carbonyl (C=O) groups excluding carboxylic acids is 5. The zero-order valence-electron chi connectivity index (χ0n) is 14.9. The summed E-state index contributed by atoms with van der Waals surface area (Å²) in [4.78, 5) is 60.5. The molecule has 3 rings (SSSR count). The smallest absolute Gasteiger partial charge is 0.303 e. The van der Waals surface area contributed by atoms with Gasteiger partial charge in [0.15, 0.2) is 5.78 Å². The van der Waals surface area contributed by atoms with E-state index in [9.17, 15) is 24.0 Å². The van der Waals surface area contributed by atoms with Crippen LogP contribution in [0.3, 0.4) is 0 Å². The Morgan fingerprint density at radius 1 is 1.11 bits per heavy atom. The van der Waals surface area contributed by atoms with Gasteiger partial charge in [0.1, 0.15) is 18.4 Å². The summed E-state index contributed by atoms with van der Waals surface area (Å²) in [5.41, 5.74) is 0.638. The van der Waals surface area contributed by atoms with Crippen LogP contribution in [0, 0.1) is 0 Å². The van der Waals surface area contributed by atoms with E-state index in [1.165, 1.54) is 20.8 Å². The Bertz CT molecular complexity index is 953. The molecule has 0 saturated heterocycles. The fraction of sp³-hybridized carbons (Fsp3) is 0.389. The van der Waals surface area contributed by atoms with Crippen LogP contribution in [0.4, 0.5) is 0 Å². The molecule has 1 unspecified atom stereocenters. The van der Waals surface area contributed by atoms with Crippen molar-refractivity contribution in [2.24, 2.45) is 0 Å². The van der Waals surface area contributed by atoms with E-state index in [2.05, 4.69) is 15.9 Å². The van der Waals surface area contributed by atoms with Gasteiger partial charge in [0.05, 0.1) is 21.3 Å². The monoisotopic (exact) mass is 437 g/mol. The van der Waals surface area contributed by atoms with E-state index < -0.39 is 35.4 Å². The van der Waals surface area contributed by atoms with E-state index in [1.807, 2.05) is 0 Å². The van der Waals surface area contributed by atoms with E-state index >= 15 is 0 Å². The molecule has 0 spiro atoms. The molecule has 0 saturated carbocycles. The maximum absolute atomic E-state index is 13.0. The number of ketones is 3. The summed E-state index contributed by atoms with van der Waals surface area (Å²) in [5.74, 6) is -2.74. The van der Waals surface area contributed by atoms with Gasteiger partial charge in [-0.2, -0.15) is 0 Å². The van der Waals surface area contributed by atoms with E-state index in [4.69, 9.17) is 9.47 Å². The van der Waals surface area contributed by atoms with Crippen LogP contribution in [0.1, 0.15) is 65.4 Å². The summed E-state index contributed by atoms with van der Waals surface area (Å²) in [7, 11) is 0. The lowest BCUT2D eigenvalue weighted by atomic mass is 9.89. The van der Waals surface area contributed by atoms with Gasteiger partial charge in [-0.15, -0.1) is 0 Å². The number of nitrogens with zero attached hydrogens (tertiary/aromatic N) is 1. The van der Waals surface area contributed by atoms with Crippen LogP contribution in [-0.4, -0.2) is 33.9 Å². The van der Waals surface area contributed by atoms with Gasteiger partial charge in [0, 0.05) is 32.4 Å². The van der Waals surface area contributed by atoms with Crippen molar-refractivity contribution in [3.63, 3.8) is 0 Å². The second-order valence-corrected chi connectivity index (χ2v) is 7.10. The lowest BCUT2D eigenvalue weighted by Gasteiger charge is -2.17. The van der Waals surface area contributed by atoms with Crippen molar-refractivity contribution in [3.05, 3.63) is 32.6 Å². The summed E-state index contributed by atoms with van der Waals surface area (Å²) in [6.07, 6.45) is -0.240. The van der Waals surface area contributed by atoms with Crippen LogP contribution >= 0.6 is 15.9 Å². The molecule has 0 aromatic carbocycles. The number of Topliss-reactive ketones (excluding diaryl/α,β-unsaturated/α-hetero) is 3. The summed E-state index contributed by atoms with van der Waals surface area (Å²) in [6, 6.07) is 0. The molecule has 0 radical (unpaired) electrons. The number of esters is 2. The minimum Gasteiger partial charge on any atom is -0.461 e. The molecule has 1 aromatic heterocycles. The molecular formula is C18H16BrNO7. The highest BCUT2D eigenvalue weighted by Crippen LogP contribution is 2.42. The van der Waals surface area contributed by atoms with E-state index in [-0.39, 0.29) is 27.9 Å². The molecule has 0 bridgehead atoms. The Morgan fingerprint density at radius 3 is 2.33 bits per heavy atom. The fourth-order valence-electron chi connectivity index (χ4n) is 3.55. The lowest BCUT2D eigenvalue weighted by Crippen LogP contribution is -2.25. The molecule has 0 fully saturated rings. The number of aromatic nitrogens is 1. The highest BCUT2D eigenvalue weighted by Gasteiger charge is 2.44. The molecule has 2 aliphatic rings. The first-order valence-corrected chi connectivity index (χ1v) is 9.00. The number of allylic oxidation sites excluding steroid dienone is 2. The quantitative estimate of drug-likeness (QED) is 0.524. The van der Waals surface area contributed by atoms with Crippen LogP contribution in [0.5, 0.6) is 0 Å². The first kappa shape index (κ1) is 19.2. The molecule has 0 amide bonds. The van der Waals surface area contributed by atoms with Crippen molar-refractivity contribution in [1.29, 1.82) is 0 Å². The van der Waals surface area contributed by atoms with Gasteiger partial charge in [0.2, 0.25) is 11.6 Å². The predicted octanol–water partition coefficient (Wildman–Crippen LogP) is 2.18. The first-order valence-electron chi connectivity index (χ1n) is 8.21. The van der Waals surface area contributed by atoms with Crippen molar-refractivity contribution in [1.82, 2.24) is 4.57 Å². The van der Waals surface area contributed by atoms with Crippen molar-refractivity contribution in [3.8, 4) is 0 Å². The molecule has 142 valence electrons.